The molecule has 0 radical (unpaired) electrons. The Morgan fingerprint density at radius 2 is 2.05 bits per heavy atom. The summed E-state index contributed by atoms with van der Waals surface area (Å²) in [6.45, 7) is 2.14. The van der Waals surface area contributed by atoms with Gasteiger partial charge in [-0.3, -0.25) is 4.79 Å². The number of rotatable bonds is 3. The number of hydrogen-bond acceptors (Lipinski definition) is 1. The first kappa shape index (κ1) is 13.2. The number of aromatic nitrogens is 1. The van der Waals surface area contributed by atoms with Gasteiger partial charge in [-0.15, -0.1) is 0 Å². The largest absolute Gasteiger partial charge is 0.361 e. The number of aromatic amines is 1. The van der Waals surface area contributed by atoms with Crippen LogP contribution in [-0.4, -0.2) is 16.9 Å². The maximum atomic E-state index is 12.5. The molecule has 20 heavy (non-hydrogen) atoms. The minimum Gasteiger partial charge on any atom is -0.361 e. The van der Waals surface area contributed by atoms with E-state index < -0.39 is 0 Å². The van der Waals surface area contributed by atoms with Gasteiger partial charge in [-0.1, -0.05) is 31.4 Å². The predicted octanol–water partition coefficient (Wildman–Crippen LogP) is 3.87. The van der Waals surface area contributed by atoms with Crippen LogP contribution in [0.3, 0.4) is 0 Å². The fourth-order valence-corrected chi connectivity index (χ4v) is 3.31. The monoisotopic (exact) mass is 270 g/mol. The highest BCUT2D eigenvalue weighted by atomic mass is 16.1. The third-order valence-corrected chi connectivity index (χ3v) is 4.55. The minimum atomic E-state index is 0.0381. The lowest BCUT2D eigenvalue weighted by Crippen LogP contribution is -2.38. The molecule has 1 aliphatic carbocycles. The standard InChI is InChI=1S/C17H22N2O/c1-12(13-6-3-2-4-7-13)19-17(20)15-9-5-8-14-10-11-18-16(14)15/h5,8-13,18H,2-4,6-7H2,1H3,(H,19,20). The Kier molecular flexibility index (Phi) is 3.77. The van der Waals surface area contributed by atoms with E-state index in [2.05, 4.69) is 17.2 Å². The molecule has 0 aliphatic heterocycles. The van der Waals surface area contributed by atoms with Crippen LogP contribution in [0, 0.1) is 5.92 Å². The highest BCUT2D eigenvalue weighted by molar-refractivity contribution is 6.05. The second kappa shape index (κ2) is 5.70. The quantitative estimate of drug-likeness (QED) is 0.873. The van der Waals surface area contributed by atoms with Gasteiger partial charge in [-0.05, 0) is 37.8 Å². The highest BCUT2D eigenvalue weighted by Crippen LogP contribution is 2.26. The normalized spacial score (nSPS) is 18.1. The predicted molar refractivity (Wildman–Crippen MR) is 81.8 cm³/mol. The molecule has 3 nitrogen and oxygen atoms in total. The van der Waals surface area contributed by atoms with E-state index in [9.17, 15) is 4.79 Å². The summed E-state index contributed by atoms with van der Waals surface area (Å²) < 4.78 is 0. The molecule has 0 spiro atoms. The van der Waals surface area contributed by atoms with Crippen LogP contribution < -0.4 is 5.32 Å². The van der Waals surface area contributed by atoms with Crippen molar-refractivity contribution in [1.29, 1.82) is 0 Å². The summed E-state index contributed by atoms with van der Waals surface area (Å²) >= 11 is 0. The fourth-order valence-electron chi connectivity index (χ4n) is 3.31. The van der Waals surface area contributed by atoms with Crippen LogP contribution >= 0.6 is 0 Å². The Morgan fingerprint density at radius 1 is 1.25 bits per heavy atom. The van der Waals surface area contributed by atoms with Crippen molar-refractivity contribution in [2.75, 3.05) is 0 Å². The van der Waals surface area contributed by atoms with Gasteiger partial charge in [-0.2, -0.15) is 0 Å². The van der Waals surface area contributed by atoms with Gasteiger partial charge in [-0.25, -0.2) is 0 Å². The van der Waals surface area contributed by atoms with Gasteiger partial charge in [0.05, 0.1) is 11.1 Å². The Bertz CT molecular complexity index is 596. The molecule has 1 heterocycles. The summed E-state index contributed by atoms with van der Waals surface area (Å²) in [5.74, 6) is 0.673. The number of H-pyrrole nitrogens is 1. The minimum absolute atomic E-state index is 0.0381. The van der Waals surface area contributed by atoms with E-state index in [0.717, 1.165) is 16.5 Å². The first-order chi connectivity index (χ1) is 9.75. The summed E-state index contributed by atoms with van der Waals surface area (Å²) in [5.41, 5.74) is 1.68. The molecule has 2 aromatic rings. The van der Waals surface area contributed by atoms with Crippen molar-refractivity contribution in [3.63, 3.8) is 0 Å². The van der Waals surface area contributed by atoms with Gasteiger partial charge < -0.3 is 10.3 Å². The molecule has 106 valence electrons. The summed E-state index contributed by atoms with van der Waals surface area (Å²) in [7, 11) is 0. The van der Waals surface area contributed by atoms with Crippen molar-refractivity contribution in [3.8, 4) is 0 Å². The van der Waals surface area contributed by atoms with Crippen molar-refractivity contribution < 1.29 is 4.79 Å². The first-order valence-corrected chi connectivity index (χ1v) is 7.62. The van der Waals surface area contributed by atoms with Crippen LogP contribution in [0.15, 0.2) is 30.5 Å². The molecule has 1 amide bonds. The number of benzene rings is 1. The number of amides is 1. The molecule has 1 fully saturated rings. The van der Waals surface area contributed by atoms with Crippen molar-refractivity contribution >= 4 is 16.8 Å². The average Bonchev–Trinajstić information content (AvgIpc) is 2.96. The Labute approximate surface area is 119 Å². The van der Waals surface area contributed by atoms with Crippen LogP contribution in [0.25, 0.3) is 10.9 Å². The molecule has 0 bridgehead atoms. The molecular formula is C17H22N2O. The Morgan fingerprint density at radius 3 is 2.85 bits per heavy atom. The smallest absolute Gasteiger partial charge is 0.253 e. The topological polar surface area (TPSA) is 44.9 Å². The number of carbonyl (C=O) groups is 1. The molecule has 3 heteroatoms. The lowest BCUT2D eigenvalue weighted by molar-refractivity contribution is 0.0921. The molecule has 1 aromatic heterocycles. The van der Waals surface area contributed by atoms with Gasteiger partial charge in [0.1, 0.15) is 0 Å². The zero-order valence-corrected chi connectivity index (χ0v) is 12.0. The van der Waals surface area contributed by atoms with Crippen molar-refractivity contribution in [2.45, 2.75) is 45.1 Å². The van der Waals surface area contributed by atoms with Gasteiger partial charge in [0.2, 0.25) is 0 Å². The average molecular weight is 270 g/mol. The van der Waals surface area contributed by atoms with Crippen LogP contribution in [0.1, 0.15) is 49.4 Å². The third kappa shape index (κ3) is 2.58. The first-order valence-electron chi connectivity index (χ1n) is 7.62. The zero-order chi connectivity index (χ0) is 13.9. The maximum absolute atomic E-state index is 12.5. The summed E-state index contributed by atoms with van der Waals surface area (Å²) in [4.78, 5) is 15.6. The van der Waals surface area contributed by atoms with Gasteiger partial charge >= 0.3 is 0 Å². The maximum Gasteiger partial charge on any atom is 0.253 e. The van der Waals surface area contributed by atoms with E-state index in [-0.39, 0.29) is 11.9 Å². The molecule has 1 aromatic carbocycles. The number of carbonyl (C=O) groups excluding carboxylic acids is 1. The molecule has 0 saturated heterocycles. The Balaban J connectivity index is 1.74. The molecular weight excluding hydrogens is 248 g/mol. The fraction of sp³-hybridized carbons (Fsp3) is 0.471. The van der Waals surface area contributed by atoms with Gasteiger partial charge in [0.25, 0.3) is 5.91 Å². The molecule has 1 aliphatic rings. The molecule has 1 unspecified atom stereocenters. The van der Waals surface area contributed by atoms with E-state index in [1.165, 1.54) is 32.1 Å². The summed E-state index contributed by atoms with van der Waals surface area (Å²) in [6.07, 6.45) is 8.32. The number of fused-ring (bicyclic) bond motifs is 1. The van der Waals surface area contributed by atoms with Crippen molar-refractivity contribution in [1.82, 2.24) is 10.3 Å². The van der Waals surface area contributed by atoms with E-state index >= 15 is 0 Å². The second-order valence-electron chi connectivity index (χ2n) is 5.91. The third-order valence-electron chi connectivity index (χ3n) is 4.55. The van der Waals surface area contributed by atoms with Crippen LogP contribution in [0.2, 0.25) is 0 Å². The highest BCUT2D eigenvalue weighted by Gasteiger charge is 2.22. The Hall–Kier alpha value is -1.77. The van der Waals surface area contributed by atoms with Crippen LogP contribution in [0.4, 0.5) is 0 Å². The zero-order valence-electron chi connectivity index (χ0n) is 12.0. The molecule has 1 atom stereocenters. The molecule has 3 rings (SSSR count). The summed E-state index contributed by atoms with van der Waals surface area (Å²) in [5, 5.41) is 4.27. The number of para-hydroxylation sites is 1. The van der Waals surface area contributed by atoms with Crippen LogP contribution in [-0.2, 0) is 0 Å². The van der Waals surface area contributed by atoms with Crippen molar-refractivity contribution in [3.05, 3.63) is 36.0 Å². The lowest BCUT2D eigenvalue weighted by Gasteiger charge is -2.28. The van der Waals surface area contributed by atoms with Crippen molar-refractivity contribution in [2.24, 2.45) is 5.92 Å². The van der Waals surface area contributed by atoms with Gasteiger partial charge in [0.15, 0.2) is 0 Å². The number of hydrogen-bond donors (Lipinski definition) is 2. The second-order valence-corrected chi connectivity index (χ2v) is 5.91. The SMILES string of the molecule is CC(NC(=O)c1cccc2cc[nH]c12)C1CCCCC1. The van der Waals surface area contributed by atoms with Gasteiger partial charge in [0, 0.05) is 17.6 Å². The molecule has 2 N–H and O–H groups in total. The number of nitrogens with one attached hydrogen (secondary N) is 2. The molecule has 1 saturated carbocycles. The van der Waals surface area contributed by atoms with E-state index in [1.54, 1.807) is 0 Å². The lowest BCUT2D eigenvalue weighted by atomic mass is 9.84. The van der Waals surface area contributed by atoms with Crippen LogP contribution in [0.5, 0.6) is 0 Å². The summed E-state index contributed by atoms with van der Waals surface area (Å²) in [6, 6.07) is 8.11. The van der Waals surface area contributed by atoms with E-state index in [4.69, 9.17) is 0 Å². The van der Waals surface area contributed by atoms with E-state index in [1.807, 2.05) is 30.5 Å². The van der Waals surface area contributed by atoms with E-state index in [0.29, 0.717) is 5.92 Å².